The number of carboxylic acids is 1. The van der Waals surface area contributed by atoms with E-state index in [1.54, 1.807) is 0 Å². The van der Waals surface area contributed by atoms with Gasteiger partial charge in [-0.15, -0.1) is 0 Å². The first-order chi connectivity index (χ1) is 10.8. The summed E-state index contributed by atoms with van der Waals surface area (Å²) in [6.07, 6.45) is 7.75. The zero-order valence-corrected chi connectivity index (χ0v) is 14.4. The number of carbonyl (C=O) groups is 2. The summed E-state index contributed by atoms with van der Waals surface area (Å²) in [7, 11) is 0. The van der Waals surface area contributed by atoms with Crippen molar-refractivity contribution in [3.63, 3.8) is 0 Å². The molecule has 1 N–H and O–H groups in total. The summed E-state index contributed by atoms with van der Waals surface area (Å²) < 4.78 is 0. The van der Waals surface area contributed by atoms with Crippen molar-refractivity contribution in [2.75, 3.05) is 0 Å². The second-order valence-corrected chi connectivity index (χ2v) is 9.21. The molecule has 6 atom stereocenters. The van der Waals surface area contributed by atoms with E-state index in [0.717, 1.165) is 56.9 Å². The first-order valence-corrected chi connectivity index (χ1v) is 9.23. The molecule has 23 heavy (non-hydrogen) atoms. The van der Waals surface area contributed by atoms with Gasteiger partial charge in [-0.25, -0.2) is 0 Å². The Balaban J connectivity index is 1.79. The highest BCUT2D eigenvalue weighted by atomic mass is 16.4. The van der Waals surface area contributed by atoms with Gasteiger partial charge in [-0.3, -0.25) is 9.59 Å². The maximum Gasteiger partial charge on any atom is 0.309 e. The Kier molecular flexibility index (Phi) is 3.01. The average molecular weight is 316 g/mol. The molecule has 0 aliphatic heterocycles. The van der Waals surface area contributed by atoms with Gasteiger partial charge in [0.2, 0.25) is 0 Å². The number of carboxylic acid groups (broad SMARTS) is 1. The topological polar surface area (TPSA) is 54.4 Å². The molecular weight excluding hydrogens is 288 g/mol. The van der Waals surface area contributed by atoms with Gasteiger partial charge in [0.25, 0.3) is 0 Å². The quantitative estimate of drug-likeness (QED) is 0.737. The van der Waals surface area contributed by atoms with Gasteiger partial charge in [0.15, 0.2) is 5.78 Å². The molecule has 0 aromatic carbocycles. The lowest BCUT2D eigenvalue weighted by atomic mass is 9.41. The standard InChI is InChI=1S/C20H28O3/c1-12-13-5-6-15-18(2)8-4-9-19(3,17(22)23)14(18)7-10-20(15,11-13)16(12)21/h13-15H,1,4-11H2,2-3H3,(H,22,23)/t13-,14+,15+,18-,19-,20-/m1/s1. The third-order valence-electron chi connectivity index (χ3n) is 8.46. The molecule has 126 valence electrons. The normalized spacial score (nSPS) is 52.0. The van der Waals surface area contributed by atoms with Crippen LogP contribution in [0.4, 0.5) is 0 Å². The third-order valence-corrected chi connectivity index (χ3v) is 8.46. The molecule has 0 aromatic heterocycles. The summed E-state index contributed by atoms with van der Waals surface area (Å²) in [5.74, 6) is 0.645. The number of allylic oxidation sites excluding steroid dienone is 1. The fourth-order valence-corrected chi connectivity index (χ4v) is 7.37. The number of aliphatic carboxylic acids is 1. The van der Waals surface area contributed by atoms with E-state index in [1.165, 1.54) is 0 Å². The van der Waals surface area contributed by atoms with Gasteiger partial charge in [-0.1, -0.05) is 19.9 Å². The summed E-state index contributed by atoms with van der Waals surface area (Å²) in [4.78, 5) is 25.1. The second-order valence-electron chi connectivity index (χ2n) is 9.21. The molecule has 1 spiro atoms. The molecule has 3 nitrogen and oxygen atoms in total. The van der Waals surface area contributed by atoms with E-state index in [9.17, 15) is 14.7 Å². The van der Waals surface area contributed by atoms with Gasteiger partial charge >= 0.3 is 5.97 Å². The number of carbonyl (C=O) groups excluding carboxylic acids is 1. The fourth-order valence-electron chi connectivity index (χ4n) is 7.37. The molecule has 0 saturated heterocycles. The minimum Gasteiger partial charge on any atom is -0.481 e. The molecular formula is C20H28O3. The molecule has 4 saturated carbocycles. The zero-order valence-electron chi connectivity index (χ0n) is 14.4. The van der Waals surface area contributed by atoms with Crippen LogP contribution in [0, 0.1) is 34.0 Å². The average Bonchev–Trinajstić information content (AvgIpc) is 2.68. The summed E-state index contributed by atoms with van der Waals surface area (Å²) in [5.41, 5.74) is 0.0347. The summed E-state index contributed by atoms with van der Waals surface area (Å²) >= 11 is 0. The largest absolute Gasteiger partial charge is 0.481 e. The smallest absolute Gasteiger partial charge is 0.309 e. The lowest BCUT2D eigenvalue weighted by Gasteiger charge is -2.62. The number of rotatable bonds is 1. The molecule has 0 aromatic rings. The van der Waals surface area contributed by atoms with Crippen LogP contribution >= 0.6 is 0 Å². The lowest BCUT2D eigenvalue weighted by Crippen LogP contribution is -2.59. The highest BCUT2D eigenvalue weighted by Crippen LogP contribution is 2.71. The molecule has 4 rings (SSSR count). The molecule has 4 aliphatic carbocycles. The molecule has 0 amide bonds. The number of Topliss-reactive ketones (excluding diaryl/α,β-unsaturated/α-hetero) is 1. The highest BCUT2D eigenvalue weighted by molar-refractivity contribution is 6.03. The first-order valence-electron chi connectivity index (χ1n) is 9.23. The van der Waals surface area contributed by atoms with Crippen LogP contribution in [-0.4, -0.2) is 16.9 Å². The third kappa shape index (κ3) is 1.66. The van der Waals surface area contributed by atoms with Crippen molar-refractivity contribution in [2.24, 2.45) is 34.0 Å². The van der Waals surface area contributed by atoms with Crippen molar-refractivity contribution in [3.8, 4) is 0 Å². The molecule has 0 unspecified atom stereocenters. The molecule has 3 heteroatoms. The van der Waals surface area contributed by atoms with Gasteiger partial charge in [-0.05, 0) is 80.6 Å². The molecule has 4 fully saturated rings. The van der Waals surface area contributed by atoms with Crippen LogP contribution in [0.2, 0.25) is 0 Å². The van der Waals surface area contributed by atoms with Crippen molar-refractivity contribution >= 4 is 11.8 Å². The van der Waals surface area contributed by atoms with Crippen LogP contribution in [0.3, 0.4) is 0 Å². The van der Waals surface area contributed by atoms with Gasteiger partial charge in [0.1, 0.15) is 0 Å². The van der Waals surface area contributed by atoms with Gasteiger partial charge < -0.3 is 5.11 Å². The SMILES string of the molecule is C=C1C(=O)[C@@]23CC[C@H]4[C@@](C)(CCC[C@@]4(C)C(=O)O)[C@@H]2CC[C@@H]1C3. The summed E-state index contributed by atoms with van der Waals surface area (Å²) in [6, 6.07) is 0. The van der Waals surface area contributed by atoms with Crippen LogP contribution in [0.15, 0.2) is 12.2 Å². The van der Waals surface area contributed by atoms with Gasteiger partial charge in [0, 0.05) is 5.41 Å². The van der Waals surface area contributed by atoms with Crippen molar-refractivity contribution in [1.29, 1.82) is 0 Å². The van der Waals surface area contributed by atoms with Crippen LogP contribution in [0.1, 0.15) is 65.2 Å². The van der Waals surface area contributed by atoms with Crippen molar-refractivity contribution in [2.45, 2.75) is 65.2 Å². The molecule has 4 aliphatic rings. The van der Waals surface area contributed by atoms with E-state index < -0.39 is 11.4 Å². The van der Waals surface area contributed by atoms with E-state index in [-0.39, 0.29) is 16.7 Å². The predicted molar refractivity (Wildman–Crippen MR) is 87.8 cm³/mol. The van der Waals surface area contributed by atoms with E-state index >= 15 is 0 Å². The summed E-state index contributed by atoms with van der Waals surface area (Å²) in [6.45, 7) is 8.36. The Bertz CT molecular complexity index is 608. The van der Waals surface area contributed by atoms with Crippen molar-refractivity contribution < 1.29 is 14.7 Å². The number of ketones is 1. The molecule has 2 bridgehead atoms. The Morgan fingerprint density at radius 2 is 1.87 bits per heavy atom. The van der Waals surface area contributed by atoms with Crippen molar-refractivity contribution in [3.05, 3.63) is 12.2 Å². The maximum atomic E-state index is 13.0. The van der Waals surface area contributed by atoms with Crippen LogP contribution in [0.5, 0.6) is 0 Å². The minimum absolute atomic E-state index is 0.00507. The van der Waals surface area contributed by atoms with Crippen LogP contribution in [-0.2, 0) is 9.59 Å². The first kappa shape index (κ1) is 15.4. The highest BCUT2D eigenvalue weighted by Gasteiger charge is 2.67. The van der Waals surface area contributed by atoms with E-state index in [2.05, 4.69) is 13.5 Å². The molecule has 0 heterocycles. The maximum absolute atomic E-state index is 13.0. The molecule has 0 radical (unpaired) electrons. The lowest BCUT2D eigenvalue weighted by molar-refractivity contribution is -0.182. The van der Waals surface area contributed by atoms with Crippen LogP contribution in [0.25, 0.3) is 0 Å². The second kappa shape index (κ2) is 4.49. The predicted octanol–water partition coefficient (Wildman–Crippen LogP) is 4.22. The van der Waals surface area contributed by atoms with Crippen LogP contribution < -0.4 is 0 Å². The number of hydrogen-bond acceptors (Lipinski definition) is 2. The van der Waals surface area contributed by atoms with E-state index in [4.69, 9.17) is 0 Å². The Morgan fingerprint density at radius 1 is 1.13 bits per heavy atom. The van der Waals surface area contributed by atoms with E-state index in [0.29, 0.717) is 17.6 Å². The van der Waals surface area contributed by atoms with Gasteiger partial charge in [0.05, 0.1) is 5.41 Å². The zero-order chi connectivity index (χ0) is 16.6. The van der Waals surface area contributed by atoms with Gasteiger partial charge in [-0.2, -0.15) is 0 Å². The Labute approximate surface area is 138 Å². The van der Waals surface area contributed by atoms with Crippen molar-refractivity contribution in [1.82, 2.24) is 0 Å². The number of fused-ring (bicyclic) bond motifs is 3. The summed E-state index contributed by atoms with van der Waals surface area (Å²) in [5, 5.41) is 9.89. The monoisotopic (exact) mass is 316 g/mol. The minimum atomic E-state index is -0.639. The van der Waals surface area contributed by atoms with E-state index in [1.807, 2.05) is 6.92 Å². The fraction of sp³-hybridized carbons (Fsp3) is 0.800. The Morgan fingerprint density at radius 3 is 2.57 bits per heavy atom. The Hall–Kier alpha value is -1.12. The number of hydrogen-bond donors (Lipinski definition) is 1.